The minimum Gasteiger partial charge on any atom is -0.380 e. The van der Waals surface area contributed by atoms with E-state index in [1.807, 2.05) is 0 Å². The first-order valence-corrected chi connectivity index (χ1v) is 6.12. The topological polar surface area (TPSA) is 38.5 Å². The van der Waals surface area contributed by atoms with Gasteiger partial charge in [0.25, 0.3) is 0 Å². The Morgan fingerprint density at radius 3 is 2.67 bits per heavy atom. The summed E-state index contributed by atoms with van der Waals surface area (Å²) in [5.41, 5.74) is 5.60. The Bertz CT molecular complexity index is 169. The average molecular weight is 214 g/mol. The second-order valence-corrected chi connectivity index (χ2v) is 4.98. The summed E-state index contributed by atoms with van der Waals surface area (Å²) < 4.78 is 5.28. The van der Waals surface area contributed by atoms with Gasteiger partial charge in [-0.25, -0.2) is 0 Å². The van der Waals surface area contributed by atoms with Crippen LogP contribution in [0.3, 0.4) is 0 Å². The van der Waals surface area contributed by atoms with E-state index in [1.54, 1.807) is 7.11 Å². The smallest absolute Gasteiger partial charge is 0.0705 e. The predicted molar refractivity (Wildman–Crippen MR) is 63.9 cm³/mol. The molecule has 1 rings (SSSR count). The molecule has 1 heterocycles. The van der Waals surface area contributed by atoms with Crippen LogP contribution in [0.5, 0.6) is 0 Å². The van der Waals surface area contributed by atoms with Crippen molar-refractivity contribution < 1.29 is 4.74 Å². The first-order valence-electron chi connectivity index (χ1n) is 6.12. The van der Waals surface area contributed by atoms with Crippen molar-refractivity contribution in [3.8, 4) is 0 Å². The van der Waals surface area contributed by atoms with Crippen LogP contribution < -0.4 is 5.73 Å². The molecule has 1 aliphatic rings. The molecule has 90 valence electrons. The second kappa shape index (κ2) is 6.46. The summed E-state index contributed by atoms with van der Waals surface area (Å²) in [5.74, 6) is 1.71. The number of nitrogens with two attached hydrogens (primary N) is 1. The largest absolute Gasteiger partial charge is 0.380 e. The molecule has 0 amide bonds. The molecule has 15 heavy (non-hydrogen) atoms. The quantitative estimate of drug-likeness (QED) is 0.725. The maximum absolute atomic E-state index is 5.60. The molecule has 0 spiro atoms. The average Bonchev–Trinajstić information content (AvgIpc) is 2.68. The van der Waals surface area contributed by atoms with Crippen molar-refractivity contribution >= 4 is 0 Å². The molecule has 3 heteroatoms. The summed E-state index contributed by atoms with van der Waals surface area (Å²) in [6, 6.07) is 0. The van der Waals surface area contributed by atoms with Gasteiger partial charge in [-0.1, -0.05) is 13.8 Å². The fraction of sp³-hybridized carbons (Fsp3) is 1.00. The number of rotatable bonds is 6. The van der Waals surface area contributed by atoms with Crippen molar-refractivity contribution in [2.24, 2.45) is 17.6 Å². The minimum atomic E-state index is 0.239. The maximum atomic E-state index is 5.60. The first kappa shape index (κ1) is 12.9. The normalized spacial score (nSPS) is 25.0. The van der Waals surface area contributed by atoms with E-state index >= 15 is 0 Å². The highest BCUT2D eigenvalue weighted by molar-refractivity contribution is 4.78. The number of methoxy groups -OCH3 is 1. The molecule has 0 aliphatic carbocycles. The Kier molecular flexibility index (Phi) is 5.58. The molecule has 1 aliphatic heterocycles. The number of likely N-dealkylation sites (tertiary alicyclic amines) is 1. The number of ether oxygens (including phenoxy) is 1. The van der Waals surface area contributed by atoms with Gasteiger partial charge >= 0.3 is 0 Å². The van der Waals surface area contributed by atoms with Gasteiger partial charge in [-0.05, 0) is 31.2 Å². The lowest BCUT2D eigenvalue weighted by atomic mass is 9.95. The third kappa shape index (κ3) is 4.09. The lowest BCUT2D eigenvalue weighted by Crippen LogP contribution is -2.30. The van der Waals surface area contributed by atoms with Crippen molar-refractivity contribution in [1.29, 1.82) is 0 Å². The second-order valence-electron chi connectivity index (χ2n) is 4.98. The van der Waals surface area contributed by atoms with Gasteiger partial charge in [0, 0.05) is 26.7 Å². The minimum absolute atomic E-state index is 0.239. The van der Waals surface area contributed by atoms with Crippen LogP contribution in [0.15, 0.2) is 0 Å². The van der Waals surface area contributed by atoms with Crippen LogP contribution in [0.1, 0.15) is 26.7 Å². The number of hydrogen-bond donors (Lipinski definition) is 1. The standard InChI is InChI=1S/C12H26N2O/c1-10(2)11-4-6-14(9-11)7-5-12(8-13)15-3/h10-12H,4-9,13H2,1-3H3. The molecule has 1 saturated heterocycles. The molecule has 0 aromatic heterocycles. The summed E-state index contributed by atoms with van der Waals surface area (Å²) in [6.45, 7) is 8.94. The van der Waals surface area contributed by atoms with Crippen LogP contribution in [0, 0.1) is 11.8 Å². The Hall–Kier alpha value is -0.120. The number of hydrogen-bond acceptors (Lipinski definition) is 3. The van der Waals surface area contributed by atoms with E-state index in [1.165, 1.54) is 19.5 Å². The lowest BCUT2D eigenvalue weighted by molar-refractivity contribution is 0.0917. The highest BCUT2D eigenvalue weighted by atomic mass is 16.5. The third-order valence-corrected chi connectivity index (χ3v) is 3.62. The molecule has 2 atom stereocenters. The van der Waals surface area contributed by atoms with Gasteiger partial charge in [-0.15, -0.1) is 0 Å². The van der Waals surface area contributed by atoms with Gasteiger partial charge in [0.15, 0.2) is 0 Å². The van der Waals surface area contributed by atoms with E-state index < -0.39 is 0 Å². The Labute approximate surface area is 94.0 Å². The van der Waals surface area contributed by atoms with Crippen molar-refractivity contribution in [3.63, 3.8) is 0 Å². The van der Waals surface area contributed by atoms with E-state index in [0.29, 0.717) is 6.54 Å². The van der Waals surface area contributed by atoms with Crippen LogP contribution in [0.2, 0.25) is 0 Å². The molecular weight excluding hydrogens is 188 g/mol. The van der Waals surface area contributed by atoms with Gasteiger partial charge in [0.2, 0.25) is 0 Å². The van der Waals surface area contributed by atoms with E-state index in [4.69, 9.17) is 10.5 Å². The maximum Gasteiger partial charge on any atom is 0.0705 e. The van der Waals surface area contributed by atoms with Crippen molar-refractivity contribution in [2.75, 3.05) is 33.3 Å². The molecule has 2 unspecified atom stereocenters. The highest BCUT2D eigenvalue weighted by Crippen LogP contribution is 2.23. The van der Waals surface area contributed by atoms with Crippen LogP contribution in [0.4, 0.5) is 0 Å². The van der Waals surface area contributed by atoms with Gasteiger partial charge in [0.05, 0.1) is 6.10 Å². The zero-order valence-electron chi connectivity index (χ0n) is 10.4. The monoisotopic (exact) mass is 214 g/mol. The van der Waals surface area contributed by atoms with Gasteiger partial charge in [-0.3, -0.25) is 0 Å². The van der Waals surface area contributed by atoms with Gasteiger partial charge in [0.1, 0.15) is 0 Å². The van der Waals surface area contributed by atoms with E-state index in [9.17, 15) is 0 Å². The summed E-state index contributed by atoms with van der Waals surface area (Å²) in [6.07, 6.45) is 2.67. The fourth-order valence-corrected chi connectivity index (χ4v) is 2.27. The van der Waals surface area contributed by atoms with Crippen LogP contribution in [-0.4, -0.2) is 44.3 Å². The van der Waals surface area contributed by atoms with Crippen LogP contribution in [-0.2, 0) is 4.74 Å². The lowest BCUT2D eigenvalue weighted by Gasteiger charge is -2.20. The molecule has 0 bridgehead atoms. The molecular formula is C12H26N2O. The van der Waals surface area contributed by atoms with Crippen molar-refractivity contribution in [1.82, 2.24) is 4.90 Å². The Balaban J connectivity index is 2.18. The van der Waals surface area contributed by atoms with Crippen LogP contribution >= 0.6 is 0 Å². The van der Waals surface area contributed by atoms with E-state index in [2.05, 4.69) is 18.7 Å². The zero-order chi connectivity index (χ0) is 11.3. The molecule has 1 fully saturated rings. The molecule has 2 N–H and O–H groups in total. The van der Waals surface area contributed by atoms with Crippen LogP contribution in [0.25, 0.3) is 0 Å². The van der Waals surface area contributed by atoms with Crippen molar-refractivity contribution in [2.45, 2.75) is 32.8 Å². The molecule has 0 radical (unpaired) electrons. The summed E-state index contributed by atoms with van der Waals surface area (Å²) in [5, 5.41) is 0. The highest BCUT2D eigenvalue weighted by Gasteiger charge is 2.24. The molecule has 0 aromatic carbocycles. The van der Waals surface area contributed by atoms with Crippen molar-refractivity contribution in [3.05, 3.63) is 0 Å². The first-order chi connectivity index (χ1) is 7.17. The predicted octanol–water partition coefficient (Wildman–Crippen LogP) is 1.33. The summed E-state index contributed by atoms with van der Waals surface area (Å²) >= 11 is 0. The molecule has 3 nitrogen and oxygen atoms in total. The zero-order valence-corrected chi connectivity index (χ0v) is 10.4. The van der Waals surface area contributed by atoms with E-state index in [0.717, 1.165) is 24.8 Å². The summed E-state index contributed by atoms with van der Waals surface area (Å²) in [7, 11) is 1.75. The SMILES string of the molecule is COC(CN)CCN1CCC(C(C)C)C1. The molecule has 0 aromatic rings. The third-order valence-electron chi connectivity index (χ3n) is 3.62. The Morgan fingerprint density at radius 1 is 1.47 bits per heavy atom. The fourth-order valence-electron chi connectivity index (χ4n) is 2.27. The van der Waals surface area contributed by atoms with E-state index in [-0.39, 0.29) is 6.10 Å². The summed E-state index contributed by atoms with van der Waals surface area (Å²) in [4.78, 5) is 2.55. The number of nitrogens with zero attached hydrogens (tertiary/aromatic N) is 1. The van der Waals surface area contributed by atoms with Gasteiger partial charge in [-0.2, -0.15) is 0 Å². The van der Waals surface area contributed by atoms with Gasteiger partial charge < -0.3 is 15.4 Å². The molecule has 0 saturated carbocycles. The Morgan fingerprint density at radius 2 is 2.20 bits per heavy atom.